The molecule has 6 nitrogen and oxygen atoms in total. The van der Waals surface area contributed by atoms with Crippen LogP contribution in [0.5, 0.6) is 0 Å². The molecule has 3 aromatic carbocycles. The molecular formula is C26H28ClF2NO5S2. The van der Waals surface area contributed by atoms with Gasteiger partial charge in [-0.15, -0.1) is 11.6 Å². The summed E-state index contributed by atoms with van der Waals surface area (Å²) in [5.74, 6) is -1.91. The number of carbonyl (C=O) groups excluding carboxylic acids is 1. The Balaban J connectivity index is 2.08. The van der Waals surface area contributed by atoms with Gasteiger partial charge in [-0.25, -0.2) is 8.42 Å². The second kappa shape index (κ2) is 12.4. The predicted octanol–water partition coefficient (Wildman–Crippen LogP) is 5.84. The molecule has 0 aliphatic heterocycles. The molecule has 3 rings (SSSR count). The van der Waals surface area contributed by atoms with E-state index in [2.05, 4.69) is 4.74 Å². The molecule has 0 saturated heterocycles. The summed E-state index contributed by atoms with van der Waals surface area (Å²) in [4.78, 5) is 15.1. The van der Waals surface area contributed by atoms with Crippen LogP contribution in [-0.4, -0.2) is 57.2 Å². The van der Waals surface area contributed by atoms with Crippen molar-refractivity contribution in [3.63, 3.8) is 0 Å². The van der Waals surface area contributed by atoms with Crippen molar-refractivity contribution in [1.82, 2.24) is 4.90 Å². The number of aryl methyl sites for hydroxylation is 1. The van der Waals surface area contributed by atoms with E-state index in [9.17, 15) is 13.2 Å². The van der Waals surface area contributed by atoms with E-state index in [0.717, 1.165) is 5.56 Å². The van der Waals surface area contributed by atoms with Gasteiger partial charge in [0.05, 0.1) is 0 Å². The van der Waals surface area contributed by atoms with Crippen LogP contribution in [0, 0.1) is 6.92 Å². The van der Waals surface area contributed by atoms with Gasteiger partial charge in [-0.3, -0.25) is 0 Å². The number of rotatable bonds is 12. The minimum absolute atomic E-state index is 0.0992. The molecule has 0 saturated carbocycles. The maximum Gasteiger partial charge on any atom is 0.466 e. The molecule has 200 valence electrons. The topological polar surface area (TPSA) is 72.9 Å². The maximum absolute atomic E-state index is 15.2. The first kappa shape index (κ1) is 29.1. The molecule has 0 radical (unpaired) electrons. The van der Waals surface area contributed by atoms with Crippen molar-refractivity contribution < 1.29 is 30.4 Å². The van der Waals surface area contributed by atoms with Crippen molar-refractivity contribution in [2.75, 3.05) is 32.6 Å². The van der Waals surface area contributed by atoms with Gasteiger partial charge in [-0.05, 0) is 60.7 Å². The molecule has 0 heterocycles. The first-order chi connectivity index (χ1) is 17.5. The number of benzene rings is 3. The van der Waals surface area contributed by atoms with Crippen molar-refractivity contribution in [3.05, 3.63) is 90.5 Å². The second-order valence-corrected chi connectivity index (χ2v) is 13.0. The van der Waals surface area contributed by atoms with E-state index in [0.29, 0.717) is 27.1 Å². The summed E-state index contributed by atoms with van der Waals surface area (Å²) in [6.45, 7) is 1.94. The zero-order chi connectivity index (χ0) is 27.1. The first-order valence-corrected chi connectivity index (χ1v) is 14.8. The number of halogens is 3. The number of alkyl halides is 3. The van der Waals surface area contributed by atoms with Crippen LogP contribution in [0.1, 0.15) is 5.56 Å². The van der Waals surface area contributed by atoms with E-state index in [-0.39, 0.29) is 6.54 Å². The van der Waals surface area contributed by atoms with Gasteiger partial charge in [-0.2, -0.15) is 17.2 Å². The predicted molar refractivity (Wildman–Crippen MR) is 141 cm³/mol. The summed E-state index contributed by atoms with van der Waals surface area (Å²) in [7, 11) is -7.44. The largest absolute Gasteiger partial charge is 0.466 e. The summed E-state index contributed by atoms with van der Waals surface area (Å²) in [5, 5.41) is -4.95. The highest BCUT2D eigenvalue weighted by Crippen LogP contribution is 2.70. The maximum atomic E-state index is 15.2. The van der Waals surface area contributed by atoms with Crippen molar-refractivity contribution in [2.24, 2.45) is 0 Å². The molecular weight excluding hydrogens is 544 g/mol. The molecule has 0 spiro atoms. The van der Waals surface area contributed by atoms with E-state index >= 15 is 8.78 Å². The van der Waals surface area contributed by atoms with Crippen LogP contribution in [0.25, 0.3) is 0 Å². The van der Waals surface area contributed by atoms with Crippen LogP contribution in [0.15, 0.2) is 99.6 Å². The molecule has 0 unspecified atom stereocenters. The molecule has 37 heavy (non-hydrogen) atoms. The van der Waals surface area contributed by atoms with Crippen LogP contribution in [-0.2, 0) is 23.3 Å². The first-order valence-electron chi connectivity index (χ1n) is 11.3. The van der Waals surface area contributed by atoms with Gasteiger partial charge in [-0.1, -0.05) is 54.1 Å². The Morgan fingerprint density at radius 3 is 1.84 bits per heavy atom. The van der Waals surface area contributed by atoms with Crippen molar-refractivity contribution in [3.8, 4) is 0 Å². The Morgan fingerprint density at radius 1 is 0.865 bits per heavy atom. The van der Waals surface area contributed by atoms with Gasteiger partial charge in [0, 0.05) is 33.7 Å². The fourth-order valence-corrected chi connectivity index (χ4v) is 8.72. The summed E-state index contributed by atoms with van der Waals surface area (Å²) in [6, 6.07) is 23.3. The highest BCUT2D eigenvalue weighted by atomic mass is 35.5. The number of esters is 1. The van der Waals surface area contributed by atoms with E-state index in [4.69, 9.17) is 15.2 Å². The van der Waals surface area contributed by atoms with Gasteiger partial charge in [0.1, 0.15) is 6.61 Å². The lowest BCUT2D eigenvalue weighted by Crippen LogP contribution is -2.41. The van der Waals surface area contributed by atoms with Crippen LogP contribution in [0.2, 0.25) is 0 Å². The normalized spacial score (nSPS) is 12.9. The summed E-state index contributed by atoms with van der Waals surface area (Å²) < 4.78 is 67.0. The quantitative estimate of drug-likeness (QED) is 0.201. The monoisotopic (exact) mass is 571 g/mol. The molecule has 0 aliphatic carbocycles. The minimum Gasteiger partial charge on any atom is -0.459 e. The average molecular weight is 572 g/mol. The summed E-state index contributed by atoms with van der Waals surface area (Å²) in [5.41, 5.74) is 0.883. The lowest BCUT2D eigenvalue weighted by molar-refractivity contribution is -0.161. The number of likely N-dealkylation sites (N-methyl/N-ethyl adjacent to an activating group) is 1. The van der Waals surface area contributed by atoms with Crippen LogP contribution in [0.3, 0.4) is 0 Å². The van der Waals surface area contributed by atoms with Crippen LogP contribution in [0.4, 0.5) is 8.78 Å². The van der Waals surface area contributed by atoms with E-state index in [1.807, 2.05) is 6.92 Å². The lowest BCUT2D eigenvalue weighted by atomic mass is 10.2. The third-order valence-corrected chi connectivity index (χ3v) is 10.7. The number of hydrogen-bond acceptors (Lipinski definition) is 6. The molecule has 11 heteroatoms. The van der Waals surface area contributed by atoms with Gasteiger partial charge in [0.2, 0.25) is 0 Å². The molecule has 3 aromatic rings. The van der Waals surface area contributed by atoms with Crippen LogP contribution >= 0.6 is 21.9 Å². The Bertz CT molecular complexity index is 1240. The van der Waals surface area contributed by atoms with Gasteiger partial charge in [0.15, 0.2) is 0 Å². The number of nitrogens with zero attached hydrogens (tertiary/aromatic N) is 1. The fourth-order valence-electron chi connectivity index (χ4n) is 3.39. The zero-order valence-corrected chi connectivity index (χ0v) is 22.7. The van der Waals surface area contributed by atoms with Gasteiger partial charge >= 0.3 is 21.3 Å². The Labute approximate surface area is 222 Å². The van der Waals surface area contributed by atoms with E-state index < -0.39 is 38.3 Å². The zero-order valence-electron chi connectivity index (χ0n) is 20.4. The highest BCUT2D eigenvalue weighted by molar-refractivity contribution is 8.33. The third kappa shape index (κ3) is 6.50. The van der Waals surface area contributed by atoms with Crippen molar-refractivity contribution >= 4 is 38.0 Å². The number of carbonyl (C=O) groups is 1. The van der Waals surface area contributed by atoms with Gasteiger partial charge < -0.3 is 9.64 Å². The summed E-state index contributed by atoms with van der Waals surface area (Å²) >= 11 is 5.63. The van der Waals surface area contributed by atoms with E-state index in [1.54, 1.807) is 96.9 Å². The second-order valence-electron chi connectivity index (χ2n) is 8.16. The number of hydrogen-bond donors (Lipinski definition) is 0. The standard InChI is InChI=1S/C26H28ClF2NO5S2/c1-21-13-15-24(16-14-21)36(22-9-5-3-6-10-22,23-11-7-4-8-12-23)35-37(32,33)26(28,29)25(31)34-20-19-30(2)18-17-27/h3-16H,17-20H2,1-2H3. The Kier molecular flexibility index (Phi) is 9.71. The Morgan fingerprint density at radius 2 is 1.35 bits per heavy atom. The fraction of sp³-hybridized carbons (Fsp3) is 0.269. The summed E-state index contributed by atoms with van der Waals surface area (Å²) in [6.07, 6.45) is 0. The molecule has 0 fully saturated rings. The molecule has 0 atom stereocenters. The molecule has 0 aliphatic rings. The molecule has 0 bridgehead atoms. The molecule has 0 N–H and O–H groups in total. The smallest absolute Gasteiger partial charge is 0.459 e. The van der Waals surface area contributed by atoms with Crippen molar-refractivity contribution in [1.29, 1.82) is 0 Å². The molecule has 0 amide bonds. The van der Waals surface area contributed by atoms with Crippen LogP contribution < -0.4 is 0 Å². The van der Waals surface area contributed by atoms with E-state index in [1.165, 1.54) is 0 Å². The molecule has 0 aromatic heterocycles. The van der Waals surface area contributed by atoms with Gasteiger partial charge in [0.25, 0.3) is 0 Å². The third-order valence-electron chi connectivity index (χ3n) is 5.42. The lowest BCUT2D eigenvalue weighted by Gasteiger charge is -2.39. The average Bonchev–Trinajstić information content (AvgIpc) is 2.89. The SMILES string of the molecule is Cc1ccc(S(OS(=O)(=O)C(F)(F)C(=O)OCCN(C)CCCl)(c2ccccc2)c2ccccc2)cc1. The minimum atomic E-state index is -5.84. The Hall–Kier alpha value is -2.50. The van der Waals surface area contributed by atoms with Crippen molar-refractivity contribution in [2.45, 2.75) is 26.9 Å². The highest BCUT2D eigenvalue weighted by Gasteiger charge is 2.58. The number of ether oxygens (including phenoxy) is 1.